The Hall–Kier alpha value is -1.51. The van der Waals surface area contributed by atoms with Crippen LogP contribution in [0.5, 0.6) is 5.75 Å². The average Bonchev–Trinajstić information content (AvgIpc) is 2.21. The van der Waals surface area contributed by atoms with Gasteiger partial charge in [-0.25, -0.2) is 4.79 Å². The van der Waals surface area contributed by atoms with Crippen molar-refractivity contribution < 1.29 is 14.6 Å². The Morgan fingerprint density at radius 1 is 1.50 bits per heavy atom. The highest BCUT2D eigenvalue weighted by molar-refractivity contribution is 5.88. The van der Waals surface area contributed by atoms with E-state index in [1.54, 1.807) is 18.2 Å². The van der Waals surface area contributed by atoms with Crippen molar-refractivity contribution in [1.29, 1.82) is 0 Å². The number of ether oxygens (including phenoxy) is 1. The van der Waals surface area contributed by atoms with E-state index in [0.717, 1.165) is 18.4 Å². The molecular formula is C13H18O3. The molecule has 1 unspecified atom stereocenters. The second kappa shape index (κ2) is 5.54. The van der Waals surface area contributed by atoms with Gasteiger partial charge in [0.2, 0.25) is 0 Å². The standard InChI is InChI=1S/C13H18O3/c1-4-5-10(3)16-12-8-11(13(14)15)7-6-9(12)2/h6-8,10H,4-5H2,1-3H3,(H,14,15). The summed E-state index contributed by atoms with van der Waals surface area (Å²) in [7, 11) is 0. The molecule has 0 saturated heterocycles. The van der Waals surface area contributed by atoms with Crippen LogP contribution in [-0.2, 0) is 0 Å². The summed E-state index contributed by atoms with van der Waals surface area (Å²) in [4.78, 5) is 10.8. The number of aromatic carboxylic acids is 1. The summed E-state index contributed by atoms with van der Waals surface area (Å²) in [5, 5.41) is 8.88. The number of carboxylic acid groups (broad SMARTS) is 1. The van der Waals surface area contributed by atoms with E-state index < -0.39 is 5.97 Å². The van der Waals surface area contributed by atoms with Gasteiger partial charge in [-0.15, -0.1) is 0 Å². The van der Waals surface area contributed by atoms with Gasteiger partial charge in [-0.05, 0) is 38.0 Å². The molecule has 0 amide bonds. The summed E-state index contributed by atoms with van der Waals surface area (Å²) >= 11 is 0. The van der Waals surface area contributed by atoms with E-state index >= 15 is 0 Å². The first-order chi connectivity index (χ1) is 7.54. The minimum absolute atomic E-state index is 0.118. The molecule has 1 N–H and O–H groups in total. The largest absolute Gasteiger partial charge is 0.490 e. The van der Waals surface area contributed by atoms with Crippen LogP contribution in [0.1, 0.15) is 42.6 Å². The first kappa shape index (κ1) is 12.6. The van der Waals surface area contributed by atoms with Gasteiger partial charge < -0.3 is 9.84 Å². The van der Waals surface area contributed by atoms with Crippen LogP contribution >= 0.6 is 0 Å². The van der Waals surface area contributed by atoms with Gasteiger partial charge in [-0.3, -0.25) is 0 Å². The maximum absolute atomic E-state index is 10.8. The summed E-state index contributed by atoms with van der Waals surface area (Å²) in [5.74, 6) is -0.256. The molecule has 0 spiro atoms. The number of hydrogen-bond donors (Lipinski definition) is 1. The highest BCUT2D eigenvalue weighted by atomic mass is 16.5. The van der Waals surface area contributed by atoms with Crippen molar-refractivity contribution in [3.05, 3.63) is 29.3 Å². The Morgan fingerprint density at radius 3 is 2.75 bits per heavy atom. The van der Waals surface area contributed by atoms with E-state index in [1.807, 2.05) is 13.8 Å². The molecule has 0 bridgehead atoms. The topological polar surface area (TPSA) is 46.5 Å². The Balaban J connectivity index is 2.85. The Labute approximate surface area is 96.1 Å². The molecule has 0 heterocycles. The molecular weight excluding hydrogens is 204 g/mol. The predicted molar refractivity (Wildman–Crippen MR) is 63.1 cm³/mol. The van der Waals surface area contributed by atoms with Crippen molar-refractivity contribution in [2.75, 3.05) is 0 Å². The SMILES string of the molecule is CCCC(C)Oc1cc(C(=O)O)ccc1C. The van der Waals surface area contributed by atoms with Crippen LogP contribution in [0, 0.1) is 6.92 Å². The number of benzene rings is 1. The number of aryl methyl sites for hydroxylation is 1. The molecule has 0 fully saturated rings. The van der Waals surface area contributed by atoms with Gasteiger partial charge in [0, 0.05) is 0 Å². The first-order valence-electron chi connectivity index (χ1n) is 5.55. The van der Waals surface area contributed by atoms with Crippen molar-refractivity contribution in [3.8, 4) is 5.75 Å². The van der Waals surface area contributed by atoms with Gasteiger partial charge in [0.05, 0.1) is 11.7 Å². The van der Waals surface area contributed by atoms with Crippen LogP contribution in [0.3, 0.4) is 0 Å². The van der Waals surface area contributed by atoms with E-state index in [1.165, 1.54) is 0 Å². The summed E-state index contributed by atoms with van der Waals surface area (Å²) in [6.45, 7) is 6.01. The van der Waals surface area contributed by atoms with Crippen molar-refractivity contribution in [2.24, 2.45) is 0 Å². The van der Waals surface area contributed by atoms with Gasteiger partial charge in [-0.1, -0.05) is 19.4 Å². The second-order valence-electron chi connectivity index (χ2n) is 4.00. The molecule has 0 aliphatic heterocycles. The summed E-state index contributed by atoms with van der Waals surface area (Å²) in [6, 6.07) is 4.95. The highest BCUT2D eigenvalue weighted by Gasteiger charge is 2.09. The molecule has 0 aromatic heterocycles. The Kier molecular flexibility index (Phi) is 4.35. The van der Waals surface area contributed by atoms with E-state index in [-0.39, 0.29) is 11.7 Å². The number of hydrogen-bond acceptors (Lipinski definition) is 2. The molecule has 0 aliphatic carbocycles. The molecule has 1 atom stereocenters. The number of rotatable bonds is 5. The lowest BCUT2D eigenvalue weighted by atomic mass is 10.1. The monoisotopic (exact) mass is 222 g/mol. The van der Waals surface area contributed by atoms with Gasteiger partial charge >= 0.3 is 5.97 Å². The van der Waals surface area contributed by atoms with Crippen molar-refractivity contribution in [2.45, 2.75) is 39.7 Å². The third kappa shape index (κ3) is 3.26. The Morgan fingerprint density at radius 2 is 2.19 bits per heavy atom. The molecule has 3 heteroatoms. The van der Waals surface area contributed by atoms with Crippen molar-refractivity contribution >= 4 is 5.97 Å². The molecule has 88 valence electrons. The maximum atomic E-state index is 10.8. The minimum Gasteiger partial charge on any atom is -0.490 e. The van der Waals surface area contributed by atoms with Gasteiger partial charge in [0.25, 0.3) is 0 Å². The third-order valence-electron chi connectivity index (χ3n) is 2.46. The lowest BCUT2D eigenvalue weighted by Gasteiger charge is -2.16. The fourth-order valence-corrected chi connectivity index (χ4v) is 1.54. The van der Waals surface area contributed by atoms with Gasteiger partial charge in [-0.2, -0.15) is 0 Å². The molecule has 1 rings (SSSR count). The fourth-order valence-electron chi connectivity index (χ4n) is 1.54. The van der Waals surface area contributed by atoms with Gasteiger partial charge in [0.15, 0.2) is 0 Å². The summed E-state index contributed by atoms with van der Waals surface area (Å²) < 4.78 is 5.71. The zero-order valence-corrected chi connectivity index (χ0v) is 9.99. The van der Waals surface area contributed by atoms with Crippen LogP contribution in [0.15, 0.2) is 18.2 Å². The normalized spacial score (nSPS) is 12.2. The quantitative estimate of drug-likeness (QED) is 0.831. The highest BCUT2D eigenvalue weighted by Crippen LogP contribution is 2.21. The zero-order chi connectivity index (χ0) is 12.1. The minimum atomic E-state index is -0.923. The lowest BCUT2D eigenvalue weighted by Crippen LogP contribution is -2.12. The maximum Gasteiger partial charge on any atom is 0.335 e. The van der Waals surface area contributed by atoms with Crippen molar-refractivity contribution in [3.63, 3.8) is 0 Å². The van der Waals surface area contributed by atoms with E-state index in [4.69, 9.17) is 9.84 Å². The molecule has 16 heavy (non-hydrogen) atoms. The van der Waals surface area contributed by atoms with E-state index in [0.29, 0.717) is 5.75 Å². The van der Waals surface area contributed by atoms with E-state index in [2.05, 4.69) is 6.92 Å². The predicted octanol–water partition coefficient (Wildman–Crippen LogP) is 3.26. The zero-order valence-electron chi connectivity index (χ0n) is 9.99. The number of carbonyl (C=O) groups is 1. The van der Waals surface area contributed by atoms with Crippen LogP contribution in [0.25, 0.3) is 0 Å². The van der Waals surface area contributed by atoms with Crippen LogP contribution in [0.4, 0.5) is 0 Å². The molecule has 0 saturated carbocycles. The molecule has 1 aromatic rings. The summed E-state index contributed by atoms with van der Waals surface area (Å²) in [6.07, 6.45) is 2.14. The first-order valence-corrected chi connectivity index (χ1v) is 5.55. The fraction of sp³-hybridized carbons (Fsp3) is 0.462. The van der Waals surface area contributed by atoms with Crippen molar-refractivity contribution in [1.82, 2.24) is 0 Å². The molecule has 1 aromatic carbocycles. The smallest absolute Gasteiger partial charge is 0.335 e. The second-order valence-corrected chi connectivity index (χ2v) is 4.00. The summed E-state index contributed by atoms with van der Waals surface area (Å²) in [5.41, 5.74) is 1.23. The Bertz CT molecular complexity index is 371. The number of carboxylic acids is 1. The lowest BCUT2D eigenvalue weighted by molar-refractivity contribution is 0.0696. The van der Waals surface area contributed by atoms with Crippen LogP contribution in [-0.4, -0.2) is 17.2 Å². The molecule has 3 nitrogen and oxygen atoms in total. The molecule has 0 aliphatic rings. The average molecular weight is 222 g/mol. The molecule has 0 radical (unpaired) electrons. The van der Waals surface area contributed by atoms with Crippen LogP contribution in [0.2, 0.25) is 0 Å². The third-order valence-corrected chi connectivity index (χ3v) is 2.46. The van der Waals surface area contributed by atoms with Crippen LogP contribution < -0.4 is 4.74 Å². The van der Waals surface area contributed by atoms with Gasteiger partial charge in [0.1, 0.15) is 5.75 Å². The van der Waals surface area contributed by atoms with E-state index in [9.17, 15) is 4.79 Å².